The zero-order valence-corrected chi connectivity index (χ0v) is 9.00. The molecule has 0 saturated carbocycles. The van der Waals surface area contributed by atoms with Crippen LogP contribution in [0.4, 0.5) is 13.2 Å². The van der Waals surface area contributed by atoms with Gasteiger partial charge >= 0.3 is 6.18 Å². The smallest absolute Gasteiger partial charge is 0.298 e. The molecule has 82 valence electrons. The molecule has 5 heteroatoms. The first-order valence-electron chi connectivity index (χ1n) is 4.11. The Morgan fingerprint density at radius 2 is 1.93 bits per heavy atom. The van der Waals surface area contributed by atoms with E-state index in [9.17, 15) is 18.0 Å². The molecule has 1 rings (SSSR count). The van der Waals surface area contributed by atoms with Gasteiger partial charge in [-0.1, -0.05) is 6.07 Å². The van der Waals surface area contributed by atoms with Crippen molar-refractivity contribution >= 4 is 18.0 Å². The van der Waals surface area contributed by atoms with Gasteiger partial charge in [-0.3, -0.25) is 4.79 Å². The number of carbonyl (C=O) groups is 1. The fraction of sp³-hybridized carbons (Fsp3) is 0.300. The second kappa shape index (κ2) is 4.26. The molecule has 1 nitrogen and oxygen atoms in total. The fourth-order valence-corrected chi connectivity index (χ4v) is 2.15. The number of halogens is 3. The Balaban J connectivity index is 3.44. The Kier molecular flexibility index (Phi) is 3.44. The molecule has 0 heterocycles. The molecule has 0 aliphatic heterocycles. The van der Waals surface area contributed by atoms with Crippen molar-refractivity contribution in [2.45, 2.75) is 18.0 Å². The molecule has 15 heavy (non-hydrogen) atoms. The lowest BCUT2D eigenvalue weighted by Crippen LogP contribution is -2.08. The van der Waals surface area contributed by atoms with Crippen molar-refractivity contribution in [1.82, 2.24) is 0 Å². The average Bonchev–Trinajstić information content (AvgIpc) is 2.15. The first kappa shape index (κ1) is 12.1. The Bertz CT molecular complexity index is 385. The molecule has 1 aromatic carbocycles. The maximum atomic E-state index is 12.5. The van der Waals surface area contributed by atoms with Crippen LogP contribution in [0.3, 0.4) is 0 Å². The molecule has 0 bridgehead atoms. The third kappa shape index (κ3) is 2.34. The summed E-state index contributed by atoms with van der Waals surface area (Å²) in [6.07, 6.45) is -2.24. The molecule has 0 amide bonds. The molecule has 0 N–H and O–H groups in total. The molecule has 0 spiro atoms. The van der Waals surface area contributed by atoms with Crippen LogP contribution in [0.15, 0.2) is 17.0 Å². The van der Waals surface area contributed by atoms with E-state index >= 15 is 0 Å². The van der Waals surface area contributed by atoms with Gasteiger partial charge in [-0.05, 0) is 24.8 Å². The van der Waals surface area contributed by atoms with Crippen LogP contribution in [0.2, 0.25) is 0 Å². The SMILES string of the molecule is CSc1c(C(F)(F)F)ccc(C=O)c1C. The van der Waals surface area contributed by atoms with Crippen molar-refractivity contribution in [1.29, 1.82) is 0 Å². The minimum absolute atomic E-state index is 0.118. The predicted octanol–water partition coefficient (Wildman–Crippen LogP) is 3.55. The summed E-state index contributed by atoms with van der Waals surface area (Å²) in [7, 11) is 0. The monoisotopic (exact) mass is 234 g/mol. The molecular formula is C10H9F3OS. The van der Waals surface area contributed by atoms with Crippen LogP contribution in [-0.4, -0.2) is 12.5 Å². The summed E-state index contributed by atoms with van der Waals surface area (Å²) in [4.78, 5) is 10.7. The minimum atomic E-state index is -4.37. The molecule has 0 aromatic heterocycles. The number of hydrogen-bond acceptors (Lipinski definition) is 2. The maximum absolute atomic E-state index is 12.5. The molecule has 0 saturated heterocycles. The van der Waals surface area contributed by atoms with E-state index in [0.717, 1.165) is 17.8 Å². The molecular weight excluding hydrogens is 225 g/mol. The third-order valence-corrected chi connectivity index (χ3v) is 3.02. The molecule has 0 atom stereocenters. The van der Waals surface area contributed by atoms with Crippen LogP contribution in [0, 0.1) is 6.92 Å². The lowest BCUT2D eigenvalue weighted by molar-refractivity contribution is -0.139. The van der Waals surface area contributed by atoms with Crippen molar-refractivity contribution in [3.8, 4) is 0 Å². The molecule has 0 unspecified atom stereocenters. The summed E-state index contributed by atoms with van der Waals surface area (Å²) in [5.74, 6) is 0. The van der Waals surface area contributed by atoms with Gasteiger partial charge in [0.2, 0.25) is 0 Å². The second-order valence-corrected chi connectivity index (χ2v) is 3.79. The van der Waals surface area contributed by atoms with Gasteiger partial charge in [0.25, 0.3) is 0 Å². The zero-order valence-electron chi connectivity index (χ0n) is 8.18. The van der Waals surface area contributed by atoms with E-state index < -0.39 is 11.7 Å². The van der Waals surface area contributed by atoms with E-state index in [4.69, 9.17) is 0 Å². The summed E-state index contributed by atoms with van der Waals surface area (Å²) >= 11 is 1.000. The van der Waals surface area contributed by atoms with E-state index in [-0.39, 0.29) is 4.90 Å². The van der Waals surface area contributed by atoms with Gasteiger partial charge in [0.1, 0.15) is 6.29 Å². The van der Waals surface area contributed by atoms with Crippen LogP contribution >= 0.6 is 11.8 Å². The van der Waals surface area contributed by atoms with Gasteiger partial charge in [-0.2, -0.15) is 13.2 Å². The highest BCUT2D eigenvalue weighted by Gasteiger charge is 2.34. The summed E-state index contributed by atoms with van der Waals surface area (Å²) < 4.78 is 37.6. The lowest BCUT2D eigenvalue weighted by atomic mass is 10.1. The topological polar surface area (TPSA) is 17.1 Å². The van der Waals surface area contributed by atoms with Gasteiger partial charge in [0, 0.05) is 10.5 Å². The van der Waals surface area contributed by atoms with Crippen LogP contribution < -0.4 is 0 Å². The van der Waals surface area contributed by atoms with Crippen molar-refractivity contribution in [2.24, 2.45) is 0 Å². The van der Waals surface area contributed by atoms with E-state index in [1.54, 1.807) is 6.26 Å². The van der Waals surface area contributed by atoms with Crippen LogP contribution in [0.5, 0.6) is 0 Å². The maximum Gasteiger partial charge on any atom is 0.417 e. The molecule has 0 aliphatic rings. The zero-order chi connectivity index (χ0) is 11.6. The molecule has 0 radical (unpaired) electrons. The van der Waals surface area contributed by atoms with E-state index in [1.165, 1.54) is 13.0 Å². The lowest BCUT2D eigenvalue weighted by Gasteiger charge is -2.14. The first-order chi connectivity index (χ1) is 6.91. The number of aldehydes is 1. The normalized spacial score (nSPS) is 11.5. The van der Waals surface area contributed by atoms with Crippen LogP contribution in [0.25, 0.3) is 0 Å². The Labute approximate surface area is 89.7 Å². The molecule has 0 fully saturated rings. The summed E-state index contributed by atoms with van der Waals surface area (Å²) in [6.45, 7) is 1.52. The second-order valence-electron chi connectivity index (χ2n) is 2.98. The van der Waals surface area contributed by atoms with E-state index in [1.807, 2.05) is 0 Å². The fourth-order valence-electron chi connectivity index (χ4n) is 1.32. The molecule has 0 aliphatic carbocycles. The number of hydrogen-bond donors (Lipinski definition) is 0. The first-order valence-corrected chi connectivity index (χ1v) is 5.34. The van der Waals surface area contributed by atoms with Gasteiger partial charge in [0.05, 0.1) is 5.56 Å². The quantitative estimate of drug-likeness (QED) is 0.575. The largest absolute Gasteiger partial charge is 0.417 e. The van der Waals surface area contributed by atoms with Crippen LogP contribution in [-0.2, 0) is 6.18 Å². The standard InChI is InChI=1S/C10H9F3OS/c1-6-7(5-14)3-4-8(9(6)15-2)10(11,12)13/h3-5H,1-2H3. The summed E-state index contributed by atoms with van der Waals surface area (Å²) in [5, 5.41) is 0. The van der Waals surface area contributed by atoms with Crippen molar-refractivity contribution in [3.63, 3.8) is 0 Å². The highest BCUT2D eigenvalue weighted by atomic mass is 32.2. The number of rotatable bonds is 2. The number of carbonyl (C=O) groups excluding carboxylic acids is 1. The highest BCUT2D eigenvalue weighted by molar-refractivity contribution is 7.98. The van der Waals surface area contributed by atoms with Gasteiger partial charge in [-0.25, -0.2) is 0 Å². The van der Waals surface area contributed by atoms with Crippen molar-refractivity contribution in [3.05, 3.63) is 28.8 Å². The Morgan fingerprint density at radius 1 is 1.33 bits per heavy atom. The van der Waals surface area contributed by atoms with Gasteiger partial charge in [-0.15, -0.1) is 11.8 Å². The number of benzene rings is 1. The van der Waals surface area contributed by atoms with E-state index in [2.05, 4.69) is 0 Å². The average molecular weight is 234 g/mol. The third-order valence-electron chi connectivity index (χ3n) is 2.08. The Morgan fingerprint density at radius 3 is 2.33 bits per heavy atom. The number of thioether (sulfide) groups is 1. The highest BCUT2D eigenvalue weighted by Crippen LogP contribution is 2.38. The predicted molar refractivity (Wildman–Crippen MR) is 53.3 cm³/mol. The van der Waals surface area contributed by atoms with Crippen LogP contribution in [0.1, 0.15) is 21.5 Å². The Hall–Kier alpha value is -0.970. The van der Waals surface area contributed by atoms with E-state index in [0.29, 0.717) is 17.4 Å². The van der Waals surface area contributed by atoms with Crippen molar-refractivity contribution in [2.75, 3.05) is 6.26 Å². The van der Waals surface area contributed by atoms with Gasteiger partial charge < -0.3 is 0 Å². The summed E-state index contributed by atoms with van der Waals surface area (Å²) in [5.41, 5.74) is -0.00206. The van der Waals surface area contributed by atoms with Crippen molar-refractivity contribution < 1.29 is 18.0 Å². The minimum Gasteiger partial charge on any atom is -0.298 e. The van der Waals surface area contributed by atoms with Gasteiger partial charge in [0.15, 0.2) is 0 Å². The molecule has 1 aromatic rings. The summed E-state index contributed by atoms with van der Waals surface area (Å²) in [6, 6.07) is 2.15. The number of alkyl halides is 3.